The van der Waals surface area contributed by atoms with Crippen LogP contribution in [0.4, 0.5) is 0 Å². The maximum Gasteiger partial charge on any atom is 0.328 e. The molecule has 2 N–H and O–H groups in total. The molecule has 0 radical (unpaired) electrons. The lowest BCUT2D eigenvalue weighted by atomic mass is 10.0. The van der Waals surface area contributed by atoms with Gasteiger partial charge in [0.25, 0.3) is 0 Å². The van der Waals surface area contributed by atoms with Gasteiger partial charge in [0.05, 0.1) is 12.7 Å². The molecule has 1 atom stereocenters. The number of rotatable bonds is 4. The Morgan fingerprint density at radius 1 is 1.44 bits per heavy atom. The molecule has 1 heterocycles. The third kappa shape index (κ3) is 4.14. The standard InChI is InChI=1S/C13H23N3O2/c1-6-10-7-15-16(8-10)9-13(5,14)11(17)18-12(2,3)4/h7-8H,6,9,14H2,1-5H3. The fourth-order valence-corrected chi connectivity index (χ4v) is 1.47. The molecule has 0 aliphatic heterocycles. The van der Waals surface area contributed by atoms with Gasteiger partial charge in [0.15, 0.2) is 0 Å². The van der Waals surface area contributed by atoms with Crippen LogP contribution in [0.5, 0.6) is 0 Å². The van der Waals surface area contributed by atoms with Crippen molar-refractivity contribution < 1.29 is 9.53 Å². The smallest absolute Gasteiger partial charge is 0.328 e. The van der Waals surface area contributed by atoms with Crippen LogP contribution >= 0.6 is 0 Å². The topological polar surface area (TPSA) is 70.1 Å². The number of hydrogen-bond donors (Lipinski definition) is 1. The average molecular weight is 253 g/mol. The van der Waals surface area contributed by atoms with Crippen LogP contribution in [0.1, 0.15) is 40.2 Å². The van der Waals surface area contributed by atoms with Crippen LogP contribution in [-0.4, -0.2) is 26.9 Å². The number of carbonyl (C=O) groups is 1. The minimum Gasteiger partial charge on any atom is -0.459 e. The summed E-state index contributed by atoms with van der Waals surface area (Å²) in [6.45, 7) is 9.49. The van der Waals surface area contributed by atoms with Crippen molar-refractivity contribution in [3.63, 3.8) is 0 Å². The second kappa shape index (κ2) is 5.10. The molecule has 1 aromatic heterocycles. The fourth-order valence-electron chi connectivity index (χ4n) is 1.47. The molecule has 0 saturated carbocycles. The Bertz CT molecular complexity index is 416. The van der Waals surface area contributed by atoms with Gasteiger partial charge < -0.3 is 10.5 Å². The van der Waals surface area contributed by atoms with E-state index in [1.807, 2.05) is 27.0 Å². The fraction of sp³-hybridized carbons (Fsp3) is 0.692. The van der Waals surface area contributed by atoms with Gasteiger partial charge in [-0.25, -0.2) is 4.79 Å². The second-order valence-electron chi connectivity index (χ2n) is 5.82. The molecule has 0 aliphatic carbocycles. The molecule has 5 heteroatoms. The highest BCUT2D eigenvalue weighted by molar-refractivity contribution is 5.80. The van der Waals surface area contributed by atoms with Gasteiger partial charge in [-0.1, -0.05) is 6.92 Å². The summed E-state index contributed by atoms with van der Waals surface area (Å²) in [6, 6.07) is 0. The third-order valence-electron chi connectivity index (χ3n) is 2.45. The summed E-state index contributed by atoms with van der Waals surface area (Å²) in [5, 5.41) is 4.18. The zero-order valence-corrected chi connectivity index (χ0v) is 11.9. The predicted molar refractivity (Wildman–Crippen MR) is 70.0 cm³/mol. The Labute approximate surface area is 108 Å². The molecule has 0 aromatic carbocycles. The van der Waals surface area contributed by atoms with Crippen molar-refractivity contribution in [1.29, 1.82) is 0 Å². The lowest BCUT2D eigenvalue weighted by Crippen LogP contribution is -2.51. The Balaban J connectivity index is 2.71. The molecule has 0 saturated heterocycles. The summed E-state index contributed by atoms with van der Waals surface area (Å²) in [5.74, 6) is -0.413. The van der Waals surface area contributed by atoms with Crippen LogP contribution in [0, 0.1) is 0 Å². The molecule has 5 nitrogen and oxygen atoms in total. The molecule has 0 amide bonds. The maximum absolute atomic E-state index is 12.0. The first-order valence-corrected chi connectivity index (χ1v) is 6.18. The number of nitrogens with two attached hydrogens (primary N) is 1. The highest BCUT2D eigenvalue weighted by Gasteiger charge is 2.34. The molecule has 102 valence electrons. The van der Waals surface area contributed by atoms with Crippen LogP contribution in [-0.2, 0) is 22.5 Å². The number of nitrogens with zero attached hydrogens (tertiary/aromatic N) is 2. The molecule has 0 fully saturated rings. The lowest BCUT2D eigenvalue weighted by Gasteiger charge is -2.28. The molecule has 18 heavy (non-hydrogen) atoms. The van der Waals surface area contributed by atoms with E-state index in [4.69, 9.17) is 10.5 Å². The van der Waals surface area contributed by atoms with Crippen molar-refractivity contribution in [3.8, 4) is 0 Å². The Kier molecular flexibility index (Phi) is 4.16. The number of esters is 1. The van der Waals surface area contributed by atoms with Crippen molar-refractivity contribution in [1.82, 2.24) is 9.78 Å². The zero-order valence-electron chi connectivity index (χ0n) is 11.9. The van der Waals surface area contributed by atoms with Crippen LogP contribution in [0.15, 0.2) is 12.4 Å². The van der Waals surface area contributed by atoms with E-state index in [2.05, 4.69) is 12.0 Å². The quantitative estimate of drug-likeness (QED) is 0.826. The summed E-state index contributed by atoms with van der Waals surface area (Å²) in [5.41, 5.74) is 5.52. The monoisotopic (exact) mass is 253 g/mol. The van der Waals surface area contributed by atoms with Crippen LogP contribution in [0.2, 0.25) is 0 Å². The first-order valence-electron chi connectivity index (χ1n) is 6.18. The van der Waals surface area contributed by atoms with E-state index in [0.717, 1.165) is 12.0 Å². The van der Waals surface area contributed by atoms with Gasteiger partial charge in [-0.3, -0.25) is 4.68 Å². The van der Waals surface area contributed by atoms with E-state index in [1.54, 1.807) is 17.8 Å². The molecule has 1 aromatic rings. The van der Waals surface area contributed by atoms with Gasteiger partial charge in [0, 0.05) is 6.20 Å². The number of aromatic nitrogens is 2. The molecule has 1 unspecified atom stereocenters. The summed E-state index contributed by atoms with van der Waals surface area (Å²) in [6.07, 6.45) is 4.59. The van der Waals surface area contributed by atoms with Crippen molar-refractivity contribution in [3.05, 3.63) is 18.0 Å². The van der Waals surface area contributed by atoms with Crippen molar-refractivity contribution in [2.75, 3.05) is 0 Å². The van der Waals surface area contributed by atoms with Crippen molar-refractivity contribution >= 4 is 5.97 Å². The zero-order chi connectivity index (χ0) is 14.0. The summed E-state index contributed by atoms with van der Waals surface area (Å²) >= 11 is 0. The van der Waals surface area contributed by atoms with Gasteiger partial charge in [-0.15, -0.1) is 0 Å². The number of ether oxygens (including phenoxy) is 1. The third-order valence-corrected chi connectivity index (χ3v) is 2.45. The number of carbonyl (C=O) groups excluding carboxylic acids is 1. The second-order valence-corrected chi connectivity index (χ2v) is 5.82. The van der Waals surface area contributed by atoms with Crippen molar-refractivity contribution in [2.24, 2.45) is 5.73 Å². The molecule has 0 aliphatic rings. The highest BCUT2D eigenvalue weighted by Crippen LogP contribution is 2.14. The van der Waals surface area contributed by atoms with Gasteiger partial charge >= 0.3 is 5.97 Å². The summed E-state index contributed by atoms with van der Waals surface area (Å²) in [4.78, 5) is 12.0. The molecule has 0 spiro atoms. The predicted octanol–water partition coefficient (Wildman–Crippen LogP) is 1.50. The normalized spacial score (nSPS) is 15.2. The summed E-state index contributed by atoms with van der Waals surface area (Å²) in [7, 11) is 0. The molecular weight excluding hydrogens is 230 g/mol. The van der Waals surface area contributed by atoms with Gasteiger partial charge in [-0.05, 0) is 39.7 Å². The van der Waals surface area contributed by atoms with E-state index in [9.17, 15) is 4.79 Å². The van der Waals surface area contributed by atoms with E-state index >= 15 is 0 Å². The highest BCUT2D eigenvalue weighted by atomic mass is 16.6. The van der Waals surface area contributed by atoms with Gasteiger partial charge in [0.2, 0.25) is 0 Å². The summed E-state index contributed by atoms with van der Waals surface area (Å²) < 4.78 is 6.99. The minimum atomic E-state index is -1.08. The van der Waals surface area contributed by atoms with Crippen molar-refractivity contribution in [2.45, 2.75) is 58.7 Å². The number of aryl methyl sites for hydroxylation is 1. The molecular formula is C13H23N3O2. The lowest BCUT2D eigenvalue weighted by molar-refractivity contribution is -0.161. The first-order chi connectivity index (χ1) is 8.14. The van der Waals surface area contributed by atoms with Crippen LogP contribution in [0.3, 0.4) is 0 Å². The number of hydrogen-bond acceptors (Lipinski definition) is 4. The first kappa shape index (κ1) is 14.7. The minimum absolute atomic E-state index is 0.307. The SMILES string of the molecule is CCc1cnn(CC(C)(N)C(=O)OC(C)(C)C)c1. The van der Waals surface area contributed by atoms with E-state index in [0.29, 0.717) is 6.54 Å². The van der Waals surface area contributed by atoms with Gasteiger partial charge in [-0.2, -0.15) is 5.10 Å². The Hall–Kier alpha value is -1.36. The van der Waals surface area contributed by atoms with E-state index in [-0.39, 0.29) is 0 Å². The Morgan fingerprint density at radius 3 is 2.50 bits per heavy atom. The van der Waals surface area contributed by atoms with Crippen LogP contribution in [0.25, 0.3) is 0 Å². The average Bonchev–Trinajstić information content (AvgIpc) is 2.62. The molecule has 1 rings (SSSR count). The Morgan fingerprint density at radius 2 is 2.06 bits per heavy atom. The van der Waals surface area contributed by atoms with Gasteiger partial charge in [0.1, 0.15) is 11.1 Å². The van der Waals surface area contributed by atoms with Crippen LogP contribution < -0.4 is 5.73 Å². The van der Waals surface area contributed by atoms with E-state index in [1.165, 1.54) is 0 Å². The molecule has 0 bridgehead atoms. The largest absolute Gasteiger partial charge is 0.459 e. The maximum atomic E-state index is 12.0. The van der Waals surface area contributed by atoms with E-state index < -0.39 is 17.1 Å².